The van der Waals surface area contributed by atoms with Gasteiger partial charge in [0.1, 0.15) is 0 Å². The molecule has 0 radical (unpaired) electrons. The Labute approximate surface area is 118 Å². The van der Waals surface area contributed by atoms with Gasteiger partial charge in [-0.2, -0.15) is 0 Å². The van der Waals surface area contributed by atoms with Crippen LogP contribution in [-0.2, 0) is 5.41 Å². The summed E-state index contributed by atoms with van der Waals surface area (Å²) in [6, 6.07) is 6.52. The zero-order valence-electron chi connectivity index (χ0n) is 13.5. The SMILES string of the molecule is C=C(C=Nc1cc(C(C)(C)C)ccc1C)C(C)(C)C. The van der Waals surface area contributed by atoms with Gasteiger partial charge in [-0.25, -0.2) is 0 Å². The maximum atomic E-state index is 4.62. The van der Waals surface area contributed by atoms with E-state index in [1.165, 1.54) is 11.1 Å². The Morgan fingerprint density at radius 1 is 1.11 bits per heavy atom. The Morgan fingerprint density at radius 2 is 1.68 bits per heavy atom. The molecule has 1 aromatic rings. The van der Waals surface area contributed by atoms with Crippen molar-refractivity contribution in [2.24, 2.45) is 10.4 Å². The highest BCUT2D eigenvalue weighted by atomic mass is 14.7. The molecule has 0 aliphatic rings. The van der Waals surface area contributed by atoms with E-state index in [0.29, 0.717) is 0 Å². The Morgan fingerprint density at radius 3 is 2.16 bits per heavy atom. The van der Waals surface area contributed by atoms with Crippen LogP contribution in [0, 0.1) is 12.3 Å². The van der Waals surface area contributed by atoms with Gasteiger partial charge in [0.25, 0.3) is 0 Å². The molecular formula is C18H27N. The molecule has 0 aliphatic carbocycles. The number of aryl methyl sites for hydroxylation is 1. The van der Waals surface area contributed by atoms with E-state index in [1.807, 2.05) is 6.21 Å². The van der Waals surface area contributed by atoms with Gasteiger partial charge >= 0.3 is 0 Å². The van der Waals surface area contributed by atoms with Gasteiger partial charge in [-0.3, -0.25) is 4.99 Å². The molecule has 0 amide bonds. The summed E-state index contributed by atoms with van der Waals surface area (Å²) < 4.78 is 0. The number of allylic oxidation sites excluding steroid dienone is 1. The van der Waals surface area contributed by atoms with Gasteiger partial charge in [-0.05, 0) is 40.5 Å². The fourth-order valence-electron chi connectivity index (χ4n) is 1.56. The molecule has 0 atom stereocenters. The molecule has 1 nitrogen and oxygen atoms in total. The molecule has 1 aromatic carbocycles. The highest BCUT2D eigenvalue weighted by Gasteiger charge is 2.15. The Bertz CT molecular complexity index is 493. The van der Waals surface area contributed by atoms with Crippen LogP contribution in [0.2, 0.25) is 0 Å². The average molecular weight is 257 g/mol. The monoisotopic (exact) mass is 257 g/mol. The second-order valence-corrected chi connectivity index (χ2v) is 7.28. The predicted octanol–water partition coefficient (Wildman–Crippen LogP) is 5.60. The van der Waals surface area contributed by atoms with Crippen molar-refractivity contribution in [1.29, 1.82) is 0 Å². The number of benzene rings is 1. The van der Waals surface area contributed by atoms with Crippen molar-refractivity contribution < 1.29 is 0 Å². The smallest absolute Gasteiger partial charge is 0.0661 e. The largest absolute Gasteiger partial charge is 0.256 e. The maximum absolute atomic E-state index is 4.62. The number of rotatable bonds is 2. The van der Waals surface area contributed by atoms with Crippen LogP contribution in [0.3, 0.4) is 0 Å². The fraction of sp³-hybridized carbons (Fsp3) is 0.500. The zero-order chi connectivity index (χ0) is 14.8. The second-order valence-electron chi connectivity index (χ2n) is 7.28. The summed E-state index contributed by atoms with van der Waals surface area (Å²) in [5.41, 5.74) is 4.82. The molecule has 0 aromatic heterocycles. The number of hydrogen-bond donors (Lipinski definition) is 0. The fourth-order valence-corrected chi connectivity index (χ4v) is 1.56. The normalized spacial score (nSPS) is 13.0. The van der Waals surface area contributed by atoms with Gasteiger partial charge in [-0.15, -0.1) is 0 Å². The van der Waals surface area contributed by atoms with Crippen LogP contribution < -0.4 is 0 Å². The molecule has 0 aliphatic heterocycles. The lowest BCUT2D eigenvalue weighted by molar-refractivity contribution is 0.528. The van der Waals surface area contributed by atoms with Gasteiger partial charge < -0.3 is 0 Å². The van der Waals surface area contributed by atoms with Crippen LogP contribution in [0.15, 0.2) is 35.3 Å². The van der Waals surface area contributed by atoms with Crippen LogP contribution in [0.5, 0.6) is 0 Å². The van der Waals surface area contributed by atoms with E-state index in [2.05, 4.69) is 78.2 Å². The minimum Gasteiger partial charge on any atom is -0.256 e. The molecule has 0 saturated carbocycles. The summed E-state index contributed by atoms with van der Waals surface area (Å²) >= 11 is 0. The third-order valence-electron chi connectivity index (χ3n) is 3.40. The third kappa shape index (κ3) is 4.34. The number of nitrogens with zero attached hydrogens (tertiary/aromatic N) is 1. The third-order valence-corrected chi connectivity index (χ3v) is 3.40. The molecule has 104 valence electrons. The first-order valence-corrected chi connectivity index (χ1v) is 6.86. The van der Waals surface area contributed by atoms with Crippen LogP contribution in [0.1, 0.15) is 52.7 Å². The number of hydrogen-bond acceptors (Lipinski definition) is 1. The molecule has 0 heterocycles. The molecule has 0 bridgehead atoms. The van der Waals surface area contributed by atoms with Crippen molar-refractivity contribution in [2.45, 2.75) is 53.9 Å². The van der Waals surface area contributed by atoms with Crippen molar-refractivity contribution in [1.82, 2.24) is 0 Å². The van der Waals surface area contributed by atoms with E-state index >= 15 is 0 Å². The first kappa shape index (κ1) is 15.7. The van der Waals surface area contributed by atoms with Gasteiger partial charge in [0.15, 0.2) is 0 Å². The summed E-state index contributed by atoms with van der Waals surface area (Å²) in [7, 11) is 0. The van der Waals surface area contributed by atoms with Crippen molar-refractivity contribution in [2.75, 3.05) is 0 Å². The minimum atomic E-state index is 0.0685. The average Bonchev–Trinajstić information content (AvgIpc) is 2.24. The van der Waals surface area contributed by atoms with Crippen molar-refractivity contribution in [3.8, 4) is 0 Å². The van der Waals surface area contributed by atoms with Crippen molar-refractivity contribution in [3.05, 3.63) is 41.5 Å². The molecule has 0 unspecified atom stereocenters. The Balaban J connectivity index is 3.08. The zero-order valence-corrected chi connectivity index (χ0v) is 13.5. The first-order valence-electron chi connectivity index (χ1n) is 6.86. The Hall–Kier alpha value is -1.37. The first-order chi connectivity index (χ1) is 8.51. The van der Waals surface area contributed by atoms with Crippen LogP contribution in [0.4, 0.5) is 5.69 Å². The molecule has 0 N–H and O–H groups in total. The maximum Gasteiger partial charge on any atom is 0.0661 e. The minimum absolute atomic E-state index is 0.0685. The van der Waals surface area contributed by atoms with Crippen LogP contribution in [0.25, 0.3) is 0 Å². The van der Waals surface area contributed by atoms with Gasteiger partial charge in [0.05, 0.1) is 5.69 Å². The lowest BCUT2D eigenvalue weighted by Crippen LogP contribution is -2.11. The van der Waals surface area contributed by atoms with Gasteiger partial charge in [0, 0.05) is 6.21 Å². The Kier molecular flexibility index (Phi) is 4.39. The van der Waals surface area contributed by atoms with Crippen molar-refractivity contribution in [3.63, 3.8) is 0 Å². The molecule has 0 fully saturated rings. The standard InChI is InChI=1S/C18H27N/c1-13-9-10-15(18(6,7)8)11-16(13)19-12-14(2)17(3,4)5/h9-12H,2H2,1,3-8H3. The molecular weight excluding hydrogens is 230 g/mol. The lowest BCUT2D eigenvalue weighted by Gasteiger charge is -2.20. The summed E-state index contributed by atoms with van der Waals surface area (Å²) in [6.07, 6.45) is 1.90. The molecule has 1 heteroatoms. The van der Waals surface area contributed by atoms with Crippen LogP contribution in [-0.4, -0.2) is 6.21 Å². The summed E-state index contributed by atoms with van der Waals surface area (Å²) in [6.45, 7) is 19.3. The van der Waals surface area contributed by atoms with E-state index in [9.17, 15) is 0 Å². The van der Waals surface area contributed by atoms with E-state index in [-0.39, 0.29) is 10.8 Å². The predicted molar refractivity (Wildman–Crippen MR) is 86.6 cm³/mol. The van der Waals surface area contributed by atoms with Gasteiger partial charge in [0.2, 0.25) is 0 Å². The van der Waals surface area contributed by atoms with Crippen LogP contribution >= 0.6 is 0 Å². The van der Waals surface area contributed by atoms with E-state index in [4.69, 9.17) is 0 Å². The number of aliphatic imine (C=N–C) groups is 1. The molecule has 19 heavy (non-hydrogen) atoms. The summed E-state index contributed by atoms with van der Waals surface area (Å²) in [5, 5.41) is 0. The molecule has 0 saturated heterocycles. The van der Waals surface area contributed by atoms with E-state index in [1.54, 1.807) is 0 Å². The highest BCUT2D eigenvalue weighted by molar-refractivity contribution is 5.82. The quantitative estimate of drug-likeness (QED) is 0.612. The van der Waals surface area contributed by atoms with Gasteiger partial charge in [-0.1, -0.05) is 60.3 Å². The molecule has 0 spiro atoms. The van der Waals surface area contributed by atoms with Crippen molar-refractivity contribution >= 4 is 11.9 Å². The van der Waals surface area contributed by atoms with E-state index < -0.39 is 0 Å². The highest BCUT2D eigenvalue weighted by Crippen LogP contribution is 2.29. The topological polar surface area (TPSA) is 12.4 Å². The summed E-state index contributed by atoms with van der Waals surface area (Å²) in [5.74, 6) is 0. The summed E-state index contributed by atoms with van der Waals surface area (Å²) in [4.78, 5) is 4.62. The van der Waals surface area contributed by atoms with E-state index in [0.717, 1.165) is 11.3 Å². The molecule has 1 rings (SSSR count). The second kappa shape index (κ2) is 5.32. The lowest BCUT2D eigenvalue weighted by atomic mass is 9.86.